The van der Waals surface area contributed by atoms with Gasteiger partial charge in [0, 0.05) is 26.5 Å². The van der Waals surface area contributed by atoms with Crippen LogP contribution in [0.1, 0.15) is 32.8 Å². The zero-order valence-corrected chi connectivity index (χ0v) is 19.6. The summed E-state index contributed by atoms with van der Waals surface area (Å²) in [6, 6.07) is 11.1. The predicted octanol–water partition coefficient (Wildman–Crippen LogP) is 1.77. The number of benzene rings is 1. The van der Waals surface area contributed by atoms with Gasteiger partial charge in [-0.15, -0.1) is 0 Å². The van der Waals surface area contributed by atoms with Crippen molar-refractivity contribution in [1.82, 2.24) is 19.5 Å². The van der Waals surface area contributed by atoms with Gasteiger partial charge < -0.3 is 24.3 Å². The second-order valence-corrected chi connectivity index (χ2v) is 7.84. The van der Waals surface area contributed by atoms with Gasteiger partial charge in [-0.2, -0.15) is 15.2 Å². The molecule has 1 saturated heterocycles. The van der Waals surface area contributed by atoms with Gasteiger partial charge in [0.25, 0.3) is 0 Å². The Labute approximate surface area is 205 Å². The zero-order chi connectivity index (χ0) is 25.8. The van der Waals surface area contributed by atoms with Crippen molar-refractivity contribution in [3.8, 4) is 6.07 Å². The molecule has 1 aliphatic heterocycles. The molecule has 0 unspecified atom stereocenters. The summed E-state index contributed by atoms with van der Waals surface area (Å²) in [5, 5.41) is 12.6. The normalized spacial score (nSPS) is 20.9. The van der Waals surface area contributed by atoms with Gasteiger partial charge in [-0.3, -0.25) is 19.0 Å². The first-order valence-corrected chi connectivity index (χ1v) is 10.9. The van der Waals surface area contributed by atoms with Crippen LogP contribution in [0.2, 0.25) is 0 Å². The lowest BCUT2D eigenvalue weighted by molar-refractivity contribution is -0.166. The fraction of sp³-hybridized carbons (Fsp3) is 0.348. The minimum Gasteiger partial charge on any atom is -0.463 e. The highest BCUT2D eigenvalue weighted by Gasteiger charge is 2.51. The van der Waals surface area contributed by atoms with Gasteiger partial charge in [0.15, 0.2) is 35.4 Å². The minimum atomic E-state index is -1.13. The Morgan fingerprint density at radius 2 is 1.75 bits per heavy atom. The van der Waals surface area contributed by atoms with E-state index in [4.69, 9.17) is 18.9 Å². The van der Waals surface area contributed by atoms with Crippen molar-refractivity contribution >= 4 is 40.6 Å². The van der Waals surface area contributed by atoms with E-state index in [2.05, 4.69) is 20.3 Å². The number of ether oxygens (including phenoxy) is 4. The Bertz CT molecular complexity index is 1340. The van der Waals surface area contributed by atoms with E-state index in [1.54, 1.807) is 0 Å². The quantitative estimate of drug-likeness (QED) is 0.374. The monoisotopic (exact) mass is 494 g/mol. The maximum Gasteiger partial charge on any atom is 0.303 e. The van der Waals surface area contributed by atoms with Crippen LogP contribution in [0.15, 0.2) is 36.7 Å². The number of aromatic nitrogens is 4. The molecule has 1 N–H and O–H groups in total. The lowest BCUT2D eigenvalue weighted by Crippen LogP contribution is -2.40. The number of para-hydroxylation sites is 1. The maximum absolute atomic E-state index is 11.9. The number of carbonyl (C=O) groups excluding carboxylic acids is 3. The van der Waals surface area contributed by atoms with Gasteiger partial charge >= 0.3 is 17.9 Å². The highest BCUT2D eigenvalue weighted by molar-refractivity contribution is 5.85. The molecule has 2 aromatic heterocycles. The van der Waals surface area contributed by atoms with Crippen molar-refractivity contribution in [1.29, 1.82) is 5.26 Å². The second-order valence-electron chi connectivity index (χ2n) is 7.84. The molecular formula is C23H22N6O7. The van der Waals surface area contributed by atoms with Crippen LogP contribution >= 0.6 is 0 Å². The summed E-state index contributed by atoms with van der Waals surface area (Å²) in [5.41, 5.74) is 1.23. The number of imidazole rings is 1. The van der Waals surface area contributed by atoms with Crippen molar-refractivity contribution in [2.75, 3.05) is 11.9 Å². The molecule has 1 aromatic carbocycles. The van der Waals surface area contributed by atoms with Crippen molar-refractivity contribution in [3.63, 3.8) is 0 Å². The van der Waals surface area contributed by atoms with Gasteiger partial charge in [0.1, 0.15) is 18.8 Å². The molecule has 13 heteroatoms. The second kappa shape index (κ2) is 10.4. The van der Waals surface area contributed by atoms with Crippen molar-refractivity contribution in [2.45, 2.75) is 45.3 Å². The van der Waals surface area contributed by atoms with Crippen LogP contribution < -0.4 is 5.32 Å². The topological polar surface area (TPSA) is 168 Å². The molecule has 3 aromatic rings. The third-order valence-corrected chi connectivity index (χ3v) is 5.17. The Kier molecular flexibility index (Phi) is 7.07. The molecule has 4 rings (SSSR count). The molecule has 4 atom stereocenters. The number of nitrogens with zero attached hydrogens (tertiary/aromatic N) is 5. The molecule has 1 aliphatic rings. The molecule has 13 nitrogen and oxygen atoms in total. The van der Waals surface area contributed by atoms with Gasteiger partial charge in [-0.05, 0) is 12.1 Å². The first-order chi connectivity index (χ1) is 17.3. The Balaban J connectivity index is 1.78. The number of anilines is 2. The largest absolute Gasteiger partial charge is 0.463 e. The number of fused-ring (bicyclic) bond motifs is 1. The predicted molar refractivity (Wildman–Crippen MR) is 121 cm³/mol. The molecule has 0 spiro atoms. The SMILES string of the molecule is CC(=O)OC[C@H]1O[C@@H](n2cnc3c(Nc4ccccc4)nc(C#N)nc32)[C@H](OC(C)=O)[C@@H]1OC(C)=O. The third-order valence-electron chi connectivity index (χ3n) is 5.17. The summed E-state index contributed by atoms with van der Waals surface area (Å²) in [4.78, 5) is 48.0. The van der Waals surface area contributed by atoms with E-state index in [-0.39, 0.29) is 23.9 Å². The number of esters is 3. The maximum atomic E-state index is 11.9. The number of nitriles is 1. The fourth-order valence-corrected chi connectivity index (χ4v) is 3.81. The van der Waals surface area contributed by atoms with E-state index in [0.717, 1.165) is 0 Å². The molecular weight excluding hydrogens is 472 g/mol. The van der Waals surface area contributed by atoms with Crippen LogP contribution in [0, 0.1) is 11.3 Å². The van der Waals surface area contributed by atoms with E-state index in [0.29, 0.717) is 11.2 Å². The van der Waals surface area contributed by atoms with Crippen LogP contribution in [0.3, 0.4) is 0 Å². The smallest absolute Gasteiger partial charge is 0.303 e. The molecule has 0 saturated carbocycles. The average molecular weight is 494 g/mol. The first-order valence-electron chi connectivity index (χ1n) is 10.9. The Morgan fingerprint density at radius 3 is 2.39 bits per heavy atom. The van der Waals surface area contributed by atoms with Gasteiger partial charge in [0.05, 0.1) is 6.33 Å². The fourth-order valence-electron chi connectivity index (χ4n) is 3.81. The lowest BCUT2D eigenvalue weighted by atomic mass is 10.1. The van der Waals surface area contributed by atoms with Crippen molar-refractivity contribution in [2.24, 2.45) is 0 Å². The molecule has 0 aliphatic carbocycles. The molecule has 0 bridgehead atoms. The number of hydrogen-bond donors (Lipinski definition) is 1. The van der Waals surface area contributed by atoms with E-state index >= 15 is 0 Å². The van der Waals surface area contributed by atoms with Crippen molar-refractivity contribution in [3.05, 3.63) is 42.5 Å². The molecule has 3 heterocycles. The van der Waals surface area contributed by atoms with Crippen LogP contribution in [-0.4, -0.2) is 62.3 Å². The summed E-state index contributed by atoms with van der Waals surface area (Å²) in [6.07, 6.45) is -2.86. The molecule has 0 amide bonds. The standard InChI is InChI=1S/C23H22N6O7/c1-12(30)33-10-16-19(34-13(2)31)20(35-14(3)32)23(36-16)29-11-25-18-21(26-15-7-5-4-6-8-15)27-17(9-24)28-22(18)29/h4-8,11,16,19-20,23H,10H2,1-3H3,(H,26,27,28)/t16-,19-,20-,23-/m1/s1. The van der Waals surface area contributed by atoms with E-state index in [1.807, 2.05) is 36.4 Å². The van der Waals surface area contributed by atoms with E-state index < -0.39 is 42.4 Å². The summed E-state index contributed by atoms with van der Waals surface area (Å²) >= 11 is 0. The summed E-state index contributed by atoms with van der Waals surface area (Å²) in [5.74, 6) is -1.73. The molecule has 1 fully saturated rings. The van der Waals surface area contributed by atoms with E-state index in [1.165, 1.54) is 31.7 Å². The van der Waals surface area contributed by atoms with Gasteiger partial charge in [-0.25, -0.2) is 4.98 Å². The summed E-state index contributed by atoms with van der Waals surface area (Å²) in [7, 11) is 0. The van der Waals surface area contributed by atoms with Crippen LogP contribution in [0.5, 0.6) is 0 Å². The van der Waals surface area contributed by atoms with Crippen LogP contribution in [-0.2, 0) is 33.3 Å². The van der Waals surface area contributed by atoms with Gasteiger partial charge in [0.2, 0.25) is 5.82 Å². The van der Waals surface area contributed by atoms with Crippen molar-refractivity contribution < 1.29 is 33.3 Å². The average Bonchev–Trinajstić information content (AvgIpc) is 3.39. The third kappa shape index (κ3) is 5.23. The molecule has 0 radical (unpaired) electrons. The number of rotatable bonds is 7. The number of hydrogen-bond acceptors (Lipinski definition) is 12. The minimum absolute atomic E-state index is 0.141. The highest BCUT2D eigenvalue weighted by Crippen LogP contribution is 2.36. The number of nitrogens with one attached hydrogen (secondary N) is 1. The zero-order valence-electron chi connectivity index (χ0n) is 19.6. The highest BCUT2D eigenvalue weighted by atomic mass is 16.7. The van der Waals surface area contributed by atoms with Crippen LogP contribution in [0.25, 0.3) is 11.2 Å². The number of carbonyl (C=O) groups is 3. The summed E-state index contributed by atoms with van der Waals surface area (Å²) in [6.45, 7) is 3.36. The molecule has 186 valence electrons. The molecule has 36 heavy (non-hydrogen) atoms. The Hall–Kier alpha value is -4.57. The van der Waals surface area contributed by atoms with E-state index in [9.17, 15) is 19.6 Å². The lowest BCUT2D eigenvalue weighted by Gasteiger charge is -2.23. The van der Waals surface area contributed by atoms with Crippen LogP contribution in [0.4, 0.5) is 11.5 Å². The Morgan fingerprint density at radius 1 is 1.06 bits per heavy atom. The van der Waals surface area contributed by atoms with Gasteiger partial charge in [-0.1, -0.05) is 18.2 Å². The first kappa shape index (κ1) is 24.6. The summed E-state index contributed by atoms with van der Waals surface area (Å²) < 4.78 is 23.4.